The maximum atomic E-state index is 12.0. The third-order valence-electron chi connectivity index (χ3n) is 3.12. The Bertz CT molecular complexity index is 742. The highest BCUT2D eigenvalue weighted by molar-refractivity contribution is 7.16. The molecule has 3 N–H and O–H groups in total. The first-order chi connectivity index (χ1) is 11.0. The van der Waals surface area contributed by atoms with Gasteiger partial charge in [-0.2, -0.15) is 0 Å². The van der Waals surface area contributed by atoms with Crippen LogP contribution < -0.4 is 11.1 Å². The van der Waals surface area contributed by atoms with Crippen LogP contribution in [-0.2, 0) is 11.2 Å². The minimum absolute atomic E-state index is 0.0842. The molecule has 2 rings (SSSR count). The molecule has 0 amide bonds. The monoisotopic (exact) mass is 335 g/mol. The molecule has 2 aromatic rings. The number of carbonyl (C=O) groups excluding carboxylic acids is 1. The summed E-state index contributed by atoms with van der Waals surface area (Å²) in [5.41, 5.74) is 6.95. The number of aryl methyl sites for hydroxylation is 1. The minimum atomic E-state index is -0.509. The SMILES string of the molecule is CCOC(=O)c1cc(CC)sc1Nc1ccc([N+](=O)[O-])cc1N. The molecule has 0 aliphatic heterocycles. The highest BCUT2D eigenvalue weighted by Gasteiger charge is 2.18. The number of hydrogen-bond donors (Lipinski definition) is 2. The van der Waals surface area contributed by atoms with Gasteiger partial charge in [-0.05, 0) is 25.5 Å². The number of nitrogens with two attached hydrogens (primary N) is 1. The second kappa shape index (κ2) is 7.10. The average molecular weight is 335 g/mol. The van der Waals surface area contributed by atoms with Crippen LogP contribution >= 0.6 is 11.3 Å². The van der Waals surface area contributed by atoms with Crippen molar-refractivity contribution < 1.29 is 14.5 Å². The molecule has 8 heteroatoms. The van der Waals surface area contributed by atoms with E-state index in [1.165, 1.54) is 29.5 Å². The van der Waals surface area contributed by atoms with E-state index in [0.717, 1.165) is 11.3 Å². The van der Waals surface area contributed by atoms with Gasteiger partial charge in [0.2, 0.25) is 0 Å². The smallest absolute Gasteiger partial charge is 0.341 e. The zero-order valence-electron chi connectivity index (χ0n) is 12.8. The molecule has 7 nitrogen and oxygen atoms in total. The number of rotatable bonds is 6. The van der Waals surface area contributed by atoms with Gasteiger partial charge in [-0.3, -0.25) is 10.1 Å². The zero-order chi connectivity index (χ0) is 17.0. The highest BCUT2D eigenvalue weighted by Crippen LogP contribution is 2.34. The van der Waals surface area contributed by atoms with Crippen molar-refractivity contribution in [3.05, 3.63) is 44.8 Å². The van der Waals surface area contributed by atoms with Crippen LogP contribution in [0.1, 0.15) is 29.1 Å². The molecule has 0 radical (unpaired) electrons. The average Bonchev–Trinajstić information content (AvgIpc) is 2.92. The second-order valence-electron chi connectivity index (χ2n) is 4.68. The van der Waals surface area contributed by atoms with Crippen molar-refractivity contribution in [2.45, 2.75) is 20.3 Å². The topological polar surface area (TPSA) is 107 Å². The van der Waals surface area contributed by atoms with Crippen LogP contribution in [0.2, 0.25) is 0 Å². The lowest BCUT2D eigenvalue weighted by molar-refractivity contribution is -0.384. The van der Waals surface area contributed by atoms with Crippen LogP contribution in [0.4, 0.5) is 22.1 Å². The number of non-ortho nitro benzene ring substituents is 1. The van der Waals surface area contributed by atoms with Gasteiger partial charge in [0.25, 0.3) is 5.69 Å². The van der Waals surface area contributed by atoms with Gasteiger partial charge >= 0.3 is 5.97 Å². The number of nitro groups is 1. The number of benzene rings is 1. The number of nitro benzene ring substituents is 1. The molecule has 0 spiro atoms. The number of nitrogens with one attached hydrogen (secondary N) is 1. The molecule has 1 heterocycles. The molecule has 1 aromatic heterocycles. The van der Waals surface area contributed by atoms with Crippen molar-refractivity contribution >= 4 is 39.4 Å². The van der Waals surface area contributed by atoms with E-state index >= 15 is 0 Å². The Kier molecular flexibility index (Phi) is 5.17. The minimum Gasteiger partial charge on any atom is -0.462 e. The molecule has 0 fully saturated rings. The predicted octanol–water partition coefficient (Wildman–Crippen LogP) is 3.72. The fourth-order valence-corrected chi connectivity index (χ4v) is 2.97. The number of esters is 1. The Balaban J connectivity index is 2.34. The maximum Gasteiger partial charge on any atom is 0.341 e. The van der Waals surface area contributed by atoms with Gasteiger partial charge in [0.1, 0.15) is 5.00 Å². The molecule has 0 atom stereocenters. The van der Waals surface area contributed by atoms with Gasteiger partial charge in [-0.1, -0.05) is 6.92 Å². The van der Waals surface area contributed by atoms with Gasteiger partial charge in [-0.15, -0.1) is 11.3 Å². The molecule has 1 aromatic carbocycles. The van der Waals surface area contributed by atoms with Crippen molar-refractivity contribution in [1.29, 1.82) is 0 Å². The molecule has 0 bridgehead atoms. The van der Waals surface area contributed by atoms with E-state index in [0.29, 0.717) is 16.3 Å². The highest BCUT2D eigenvalue weighted by atomic mass is 32.1. The van der Waals surface area contributed by atoms with Crippen molar-refractivity contribution in [3.8, 4) is 0 Å². The lowest BCUT2D eigenvalue weighted by Crippen LogP contribution is -2.06. The van der Waals surface area contributed by atoms with Crippen LogP contribution in [0, 0.1) is 10.1 Å². The number of nitrogen functional groups attached to an aromatic ring is 1. The normalized spacial score (nSPS) is 10.3. The van der Waals surface area contributed by atoms with Crippen LogP contribution in [0.25, 0.3) is 0 Å². The van der Waals surface area contributed by atoms with E-state index in [9.17, 15) is 14.9 Å². The van der Waals surface area contributed by atoms with Crippen molar-refractivity contribution in [2.24, 2.45) is 0 Å². The molecule has 0 saturated heterocycles. The summed E-state index contributed by atoms with van der Waals surface area (Å²) in [4.78, 5) is 23.3. The Morgan fingerprint density at radius 2 is 2.13 bits per heavy atom. The summed E-state index contributed by atoms with van der Waals surface area (Å²) in [5.74, 6) is -0.411. The molecule has 23 heavy (non-hydrogen) atoms. The number of hydrogen-bond acceptors (Lipinski definition) is 7. The summed E-state index contributed by atoms with van der Waals surface area (Å²) in [6.07, 6.45) is 0.786. The Morgan fingerprint density at radius 3 is 2.70 bits per heavy atom. The largest absolute Gasteiger partial charge is 0.462 e. The van der Waals surface area contributed by atoms with Gasteiger partial charge in [0, 0.05) is 17.0 Å². The second-order valence-corrected chi connectivity index (χ2v) is 5.82. The summed E-state index contributed by atoms with van der Waals surface area (Å²) in [6.45, 7) is 4.02. The Hall–Kier alpha value is -2.61. The zero-order valence-corrected chi connectivity index (χ0v) is 13.6. The molecular weight excluding hydrogens is 318 g/mol. The standard InChI is InChI=1S/C15H17N3O4S/c1-3-10-8-11(15(19)22-4-2)14(23-10)17-13-6-5-9(18(20)21)7-12(13)16/h5-8,17H,3-4,16H2,1-2H3. The summed E-state index contributed by atoms with van der Waals surface area (Å²) in [5, 5.41) is 14.4. The predicted molar refractivity (Wildman–Crippen MR) is 90.4 cm³/mol. The summed E-state index contributed by atoms with van der Waals surface area (Å²) >= 11 is 1.43. The van der Waals surface area contributed by atoms with Crippen LogP contribution in [0.5, 0.6) is 0 Å². The summed E-state index contributed by atoms with van der Waals surface area (Å²) in [6, 6.07) is 5.94. The number of carbonyl (C=O) groups is 1. The third-order valence-corrected chi connectivity index (χ3v) is 4.32. The van der Waals surface area contributed by atoms with E-state index in [1.807, 2.05) is 6.92 Å². The van der Waals surface area contributed by atoms with Crippen molar-refractivity contribution in [3.63, 3.8) is 0 Å². The quantitative estimate of drug-likeness (QED) is 0.360. The fraction of sp³-hybridized carbons (Fsp3) is 0.267. The number of ether oxygens (including phenoxy) is 1. The van der Waals surface area contributed by atoms with Crippen molar-refractivity contribution in [2.75, 3.05) is 17.7 Å². The number of thiophene rings is 1. The maximum absolute atomic E-state index is 12.0. The lowest BCUT2D eigenvalue weighted by atomic mass is 10.2. The van der Waals surface area contributed by atoms with Crippen LogP contribution in [0.3, 0.4) is 0 Å². The summed E-state index contributed by atoms with van der Waals surface area (Å²) < 4.78 is 5.05. The Labute approximate surface area is 137 Å². The van der Waals surface area contributed by atoms with Crippen molar-refractivity contribution in [1.82, 2.24) is 0 Å². The van der Waals surface area contributed by atoms with E-state index in [1.54, 1.807) is 13.0 Å². The molecule has 0 aliphatic carbocycles. The molecule has 0 unspecified atom stereocenters. The van der Waals surface area contributed by atoms with Crippen LogP contribution in [0.15, 0.2) is 24.3 Å². The van der Waals surface area contributed by atoms with Crippen LogP contribution in [-0.4, -0.2) is 17.5 Å². The summed E-state index contributed by atoms with van der Waals surface area (Å²) in [7, 11) is 0. The first-order valence-corrected chi connectivity index (χ1v) is 7.88. The molecular formula is C15H17N3O4S. The first-order valence-electron chi connectivity index (χ1n) is 7.07. The Morgan fingerprint density at radius 1 is 1.39 bits per heavy atom. The van der Waals surface area contributed by atoms with E-state index in [2.05, 4.69) is 5.32 Å². The third kappa shape index (κ3) is 3.78. The van der Waals surface area contributed by atoms with E-state index in [4.69, 9.17) is 10.5 Å². The number of anilines is 3. The molecule has 0 aliphatic rings. The van der Waals surface area contributed by atoms with E-state index in [-0.39, 0.29) is 18.0 Å². The van der Waals surface area contributed by atoms with E-state index < -0.39 is 10.9 Å². The molecule has 122 valence electrons. The lowest BCUT2D eigenvalue weighted by Gasteiger charge is -2.09. The first kappa shape index (κ1) is 16.8. The van der Waals surface area contributed by atoms with Gasteiger partial charge in [0.15, 0.2) is 0 Å². The van der Waals surface area contributed by atoms with Gasteiger partial charge in [-0.25, -0.2) is 4.79 Å². The van der Waals surface area contributed by atoms with Gasteiger partial charge < -0.3 is 15.8 Å². The fourth-order valence-electron chi connectivity index (χ4n) is 1.97. The number of nitrogens with zero attached hydrogens (tertiary/aromatic N) is 1. The van der Waals surface area contributed by atoms with Gasteiger partial charge in [0.05, 0.1) is 28.5 Å². The molecule has 0 saturated carbocycles.